The summed E-state index contributed by atoms with van der Waals surface area (Å²) in [6.45, 7) is 1.47. The monoisotopic (exact) mass is 450 g/mol. The fourth-order valence-corrected chi connectivity index (χ4v) is 4.51. The lowest BCUT2D eigenvalue weighted by Crippen LogP contribution is -2.51. The number of benzene rings is 2. The molecule has 9 heteroatoms. The Morgan fingerprint density at radius 2 is 1.66 bits per heavy atom. The molecule has 4 rings (SSSR count). The van der Waals surface area contributed by atoms with Crippen LogP contribution < -0.4 is 5.32 Å². The lowest BCUT2D eigenvalue weighted by Gasteiger charge is -2.37. The number of hydrogen-bond acceptors (Lipinski definition) is 3. The lowest BCUT2D eigenvalue weighted by atomic mass is 9.94. The van der Waals surface area contributed by atoms with Gasteiger partial charge in [0.15, 0.2) is 0 Å². The van der Waals surface area contributed by atoms with Crippen molar-refractivity contribution < 1.29 is 32.3 Å². The Hall–Kier alpha value is -2.94. The summed E-state index contributed by atoms with van der Waals surface area (Å²) in [6.07, 6.45) is 0.675. The van der Waals surface area contributed by atoms with Gasteiger partial charge < -0.3 is 15.3 Å². The molecule has 2 aliphatic rings. The fraction of sp³-hybridized carbons (Fsp3) is 0.391. The molecule has 32 heavy (non-hydrogen) atoms. The second-order valence-corrected chi connectivity index (χ2v) is 8.49. The number of amides is 2. The van der Waals surface area contributed by atoms with Crippen molar-refractivity contribution in [2.75, 3.05) is 18.4 Å². The molecule has 1 heterocycles. The van der Waals surface area contributed by atoms with E-state index in [1.165, 1.54) is 19.1 Å². The number of aliphatic hydroxyl groups is 1. The smallest absolute Gasteiger partial charge is 0.352 e. The van der Waals surface area contributed by atoms with E-state index in [0.717, 1.165) is 17.0 Å². The molecule has 2 aromatic rings. The van der Waals surface area contributed by atoms with Crippen LogP contribution in [0.25, 0.3) is 0 Å². The van der Waals surface area contributed by atoms with Gasteiger partial charge >= 0.3 is 5.92 Å². The van der Waals surface area contributed by atoms with Gasteiger partial charge in [0.05, 0.1) is 11.7 Å². The number of likely N-dealkylation sites (tertiary alicyclic amines) is 1. The third-order valence-electron chi connectivity index (χ3n) is 6.32. The van der Waals surface area contributed by atoms with Crippen molar-refractivity contribution in [1.29, 1.82) is 0 Å². The molecular formula is C23H22F4N2O3. The fourth-order valence-electron chi connectivity index (χ4n) is 4.51. The maximum absolute atomic E-state index is 15.1. The van der Waals surface area contributed by atoms with E-state index >= 15 is 8.78 Å². The average Bonchev–Trinajstić information content (AvgIpc) is 2.96. The van der Waals surface area contributed by atoms with Gasteiger partial charge in [-0.05, 0) is 61.7 Å². The number of aliphatic hydroxyl groups excluding tert-OH is 1. The van der Waals surface area contributed by atoms with E-state index in [4.69, 9.17) is 0 Å². The quantitative estimate of drug-likeness (QED) is 0.696. The summed E-state index contributed by atoms with van der Waals surface area (Å²) in [5.74, 6) is -8.86. The largest absolute Gasteiger partial charge is 0.392 e. The highest BCUT2D eigenvalue weighted by molar-refractivity contribution is 6.04. The molecule has 2 unspecified atom stereocenters. The molecule has 170 valence electrons. The summed E-state index contributed by atoms with van der Waals surface area (Å²) in [5.41, 5.74) is -0.945. The normalized spacial score (nSPS) is 22.7. The minimum atomic E-state index is -4.19. The van der Waals surface area contributed by atoms with Crippen molar-refractivity contribution in [2.24, 2.45) is 11.8 Å². The molecule has 0 aromatic heterocycles. The van der Waals surface area contributed by atoms with Crippen LogP contribution in [0.3, 0.4) is 0 Å². The third-order valence-corrected chi connectivity index (χ3v) is 6.32. The molecule has 2 atom stereocenters. The summed E-state index contributed by atoms with van der Waals surface area (Å²) in [4.78, 5) is 26.1. The Balaban J connectivity index is 1.56. The van der Waals surface area contributed by atoms with Crippen molar-refractivity contribution in [3.05, 3.63) is 64.7 Å². The average molecular weight is 450 g/mol. The zero-order chi connectivity index (χ0) is 23.2. The van der Waals surface area contributed by atoms with Crippen molar-refractivity contribution in [3.63, 3.8) is 0 Å². The summed E-state index contributed by atoms with van der Waals surface area (Å²) in [6, 6.07) is 6.23. The van der Waals surface area contributed by atoms with Crippen LogP contribution in [-0.4, -0.2) is 41.0 Å². The number of nitrogens with zero attached hydrogens (tertiary/aromatic N) is 1. The first-order chi connectivity index (χ1) is 15.1. The molecule has 2 N–H and O–H groups in total. The lowest BCUT2D eigenvalue weighted by molar-refractivity contribution is -0.163. The van der Waals surface area contributed by atoms with Crippen molar-refractivity contribution in [1.82, 2.24) is 4.90 Å². The van der Waals surface area contributed by atoms with Crippen LogP contribution in [-0.2, 0) is 10.7 Å². The van der Waals surface area contributed by atoms with Gasteiger partial charge in [-0.1, -0.05) is 0 Å². The van der Waals surface area contributed by atoms with Crippen LogP contribution in [0.1, 0.15) is 34.3 Å². The summed E-state index contributed by atoms with van der Waals surface area (Å²) < 4.78 is 57.9. The van der Waals surface area contributed by atoms with E-state index in [-0.39, 0.29) is 41.7 Å². The van der Waals surface area contributed by atoms with Crippen LogP contribution in [0.4, 0.5) is 23.2 Å². The number of fused-ring (bicyclic) bond motifs is 2. The number of carbonyl (C=O) groups is 2. The molecule has 0 radical (unpaired) electrons. The number of carbonyl (C=O) groups excluding carboxylic acids is 2. The van der Waals surface area contributed by atoms with Crippen LogP contribution in [0.5, 0.6) is 0 Å². The number of alkyl halides is 2. The van der Waals surface area contributed by atoms with E-state index in [2.05, 4.69) is 5.32 Å². The number of aryl methyl sites for hydroxylation is 1. The molecule has 2 amide bonds. The molecule has 2 aromatic carbocycles. The summed E-state index contributed by atoms with van der Waals surface area (Å²) in [7, 11) is 0. The molecule has 0 spiro atoms. The molecule has 2 fully saturated rings. The number of hydrogen-bond donors (Lipinski definition) is 2. The minimum Gasteiger partial charge on any atom is -0.392 e. The Bertz CT molecular complexity index is 1060. The second-order valence-electron chi connectivity index (χ2n) is 8.49. The number of nitrogens with one attached hydrogen (secondary N) is 1. The molecule has 2 bridgehead atoms. The number of halogens is 4. The van der Waals surface area contributed by atoms with Crippen molar-refractivity contribution in [3.8, 4) is 0 Å². The Morgan fingerprint density at radius 3 is 2.28 bits per heavy atom. The van der Waals surface area contributed by atoms with Crippen molar-refractivity contribution >= 4 is 17.5 Å². The van der Waals surface area contributed by atoms with Gasteiger partial charge in [0, 0.05) is 36.2 Å². The zero-order valence-corrected chi connectivity index (χ0v) is 17.2. The Morgan fingerprint density at radius 1 is 1.03 bits per heavy atom. The van der Waals surface area contributed by atoms with E-state index in [1.54, 1.807) is 0 Å². The van der Waals surface area contributed by atoms with Gasteiger partial charge in [-0.25, -0.2) is 8.78 Å². The maximum Gasteiger partial charge on any atom is 0.352 e. The molecule has 1 aliphatic carbocycles. The van der Waals surface area contributed by atoms with Crippen LogP contribution >= 0.6 is 0 Å². The molecule has 1 aliphatic heterocycles. The SMILES string of the molecule is Cc1cc(NC(=O)c2ccc(F)c(C(F)(F)C(=O)N3CC4CCC(C3)C4O)c2)ccc1F. The predicted octanol–water partition coefficient (Wildman–Crippen LogP) is 3.85. The van der Waals surface area contributed by atoms with Gasteiger partial charge in [-0.15, -0.1) is 0 Å². The Kier molecular flexibility index (Phi) is 5.70. The summed E-state index contributed by atoms with van der Waals surface area (Å²) >= 11 is 0. The predicted molar refractivity (Wildman–Crippen MR) is 108 cm³/mol. The van der Waals surface area contributed by atoms with E-state index in [0.29, 0.717) is 25.0 Å². The first kappa shape index (κ1) is 22.3. The standard InChI is InChI=1S/C23H22F4N2O3/c1-12-8-16(5-7-18(12)24)28-21(31)13-4-6-19(25)17(9-13)23(26,27)22(32)29-10-14-2-3-15(11-29)20(14)30/h4-9,14-15,20,30H,2-3,10-11H2,1H3,(H,28,31). The van der Waals surface area contributed by atoms with Gasteiger partial charge in [0.1, 0.15) is 11.6 Å². The maximum atomic E-state index is 15.1. The van der Waals surface area contributed by atoms with Gasteiger partial charge in [-0.2, -0.15) is 8.78 Å². The first-order valence-corrected chi connectivity index (χ1v) is 10.3. The zero-order valence-electron chi connectivity index (χ0n) is 17.2. The number of piperidine rings is 1. The second kappa shape index (κ2) is 8.20. The highest BCUT2D eigenvalue weighted by Gasteiger charge is 2.50. The van der Waals surface area contributed by atoms with E-state index in [9.17, 15) is 23.5 Å². The first-order valence-electron chi connectivity index (χ1n) is 10.3. The van der Waals surface area contributed by atoms with Crippen LogP contribution in [0, 0.1) is 30.4 Å². The Labute approximate surface area is 182 Å². The number of rotatable bonds is 4. The highest BCUT2D eigenvalue weighted by atomic mass is 19.3. The minimum absolute atomic E-state index is 0.0161. The third kappa shape index (κ3) is 3.97. The van der Waals surface area contributed by atoms with Gasteiger partial charge in [0.25, 0.3) is 11.8 Å². The topological polar surface area (TPSA) is 69.6 Å². The number of anilines is 1. The van der Waals surface area contributed by atoms with Crippen LogP contribution in [0.15, 0.2) is 36.4 Å². The van der Waals surface area contributed by atoms with Crippen molar-refractivity contribution in [2.45, 2.75) is 31.8 Å². The van der Waals surface area contributed by atoms with Crippen LogP contribution in [0.2, 0.25) is 0 Å². The summed E-state index contributed by atoms with van der Waals surface area (Å²) in [5, 5.41) is 12.5. The molecule has 5 nitrogen and oxygen atoms in total. The highest BCUT2D eigenvalue weighted by Crippen LogP contribution is 2.40. The van der Waals surface area contributed by atoms with E-state index in [1.807, 2.05) is 0 Å². The van der Waals surface area contributed by atoms with Gasteiger partial charge in [0.2, 0.25) is 0 Å². The molecule has 1 saturated carbocycles. The van der Waals surface area contributed by atoms with E-state index < -0.39 is 41.0 Å². The molecular weight excluding hydrogens is 428 g/mol. The molecule has 1 saturated heterocycles. The van der Waals surface area contributed by atoms with Gasteiger partial charge in [-0.3, -0.25) is 9.59 Å².